The molecule has 3 aromatic rings. The molecule has 2 aromatic heterocycles. The second-order valence-electron chi connectivity index (χ2n) is 5.01. The molecule has 0 fully saturated rings. The lowest BCUT2D eigenvalue weighted by atomic mass is 10.2. The highest BCUT2D eigenvalue weighted by atomic mass is 16.5. The molecule has 23 heavy (non-hydrogen) atoms. The number of amides is 1. The summed E-state index contributed by atoms with van der Waals surface area (Å²) < 4.78 is 5.50. The molecule has 1 amide bonds. The number of hydrogen-bond donors (Lipinski definition) is 2. The van der Waals surface area contributed by atoms with Crippen molar-refractivity contribution in [3.8, 4) is 17.0 Å². The van der Waals surface area contributed by atoms with E-state index in [0.717, 1.165) is 16.8 Å². The first-order chi connectivity index (χ1) is 11.2. The molecule has 0 saturated heterocycles. The Balaban J connectivity index is 1.58. The van der Waals surface area contributed by atoms with Crippen LogP contribution in [0.1, 0.15) is 5.56 Å². The molecule has 1 aromatic carbocycles. The summed E-state index contributed by atoms with van der Waals surface area (Å²) in [6, 6.07) is 13.0. The van der Waals surface area contributed by atoms with Gasteiger partial charge < -0.3 is 10.1 Å². The molecule has 0 radical (unpaired) electrons. The fraction of sp³-hybridized carbons (Fsp3) is 0.118. The normalized spacial score (nSPS) is 10.3. The van der Waals surface area contributed by atoms with Gasteiger partial charge in [0.2, 0.25) is 0 Å². The molecule has 3 rings (SSSR count). The molecule has 0 aliphatic heterocycles. The number of nitrogens with zero attached hydrogens (tertiary/aromatic N) is 2. The zero-order valence-electron chi connectivity index (χ0n) is 12.6. The van der Waals surface area contributed by atoms with Gasteiger partial charge in [0.05, 0.1) is 5.69 Å². The van der Waals surface area contributed by atoms with Crippen molar-refractivity contribution in [3.05, 3.63) is 60.4 Å². The average Bonchev–Trinajstić information content (AvgIpc) is 3.03. The van der Waals surface area contributed by atoms with Crippen LogP contribution in [0.5, 0.6) is 5.75 Å². The largest absolute Gasteiger partial charge is 0.483 e. The van der Waals surface area contributed by atoms with Gasteiger partial charge in [-0.2, -0.15) is 5.10 Å². The average molecular weight is 308 g/mol. The van der Waals surface area contributed by atoms with Gasteiger partial charge in [0, 0.05) is 24.0 Å². The monoisotopic (exact) mass is 308 g/mol. The molecule has 0 unspecified atom stereocenters. The number of nitrogens with one attached hydrogen (secondary N) is 2. The van der Waals surface area contributed by atoms with E-state index in [1.807, 2.05) is 43.3 Å². The minimum Gasteiger partial charge on any atom is -0.483 e. The highest BCUT2D eigenvalue weighted by Crippen LogP contribution is 2.19. The predicted molar refractivity (Wildman–Crippen MR) is 87.1 cm³/mol. The topological polar surface area (TPSA) is 79.9 Å². The van der Waals surface area contributed by atoms with Gasteiger partial charge in [-0.05, 0) is 30.7 Å². The number of carbonyl (C=O) groups excluding carboxylic acids is 1. The quantitative estimate of drug-likeness (QED) is 0.759. The smallest absolute Gasteiger partial charge is 0.263 e. The number of pyridine rings is 1. The number of ether oxygens (including phenoxy) is 1. The van der Waals surface area contributed by atoms with Gasteiger partial charge in [-0.3, -0.25) is 14.9 Å². The number of anilines is 1. The number of aromatic nitrogens is 3. The van der Waals surface area contributed by atoms with Crippen LogP contribution >= 0.6 is 0 Å². The predicted octanol–water partition coefficient (Wildman–Crippen LogP) is 2.80. The SMILES string of the molecule is Cc1ccccc1OCC(=O)Nc1cc(-c2ccncc2)[nH]n1. The van der Waals surface area contributed by atoms with Crippen molar-refractivity contribution in [2.45, 2.75) is 6.92 Å². The van der Waals surface area contributed by atoms with Crippen molar-refractivity contribution < 1.29 is 9.53 Å². The van der Waals surface area contributed by atoms with Crippen LogP contribution < -0.4 is 10.1 Å². The fourth-order valence-electron chi connectivity index (χ4n) is 2.11. The summed E-state index contributed by atoms with van der Waals surface area (Å²) in [5.41, 5.74) is 2.74. The number of benzene rings is 1. The number of aromatic amines is 1. The molecule has 6 heteroatoms. The highest BCUT2D eigenvalue weighted by molar-refractivity contribution is 5.91. The molecular formula is C17H16N4O2. The Morgan fingerprint density at radius 2 is 2.00 bits per heavy atom. The first-order valence-electron chi connectivity index (χ1n) is 7.16. The number of H-pyrrole nitrogens is 1. The maximum absolute atomic E-state index is 11.9. The van der Waals surface area contributed by atoms with Gasteiger partial charge in [-0.1, -0.05) is 18.2 Å². The van der Waals surface area contributed by atoms with E-state index in [9.17, 15) is 4.79 Å². The lowest BCUT2D eigenvalue weighted by Gasteiger charge is -2.08. The summed E-state index contributed by atoms with van der Waals surface area (Å²) in [7, 11) is 0. The molecule has 116 valence electrons. The lowest BCUT2D eigenvalue weighted by molar-refractivity contribution is -0.118. The van der Waals surface area contributed by atoms with Gasteiger partial charge in [-0.15, -0.1) is 0 Å². The van der Waals surface area contributed by atoms with Gasteiger partial charge >= 0.3 is 0 Å². The third-order valence-corrected chi connectivity index (χ3v) is 3.29. The standard InChI is InChI=1S/C17H16N4O2/c1-12-4-2-3-5-15(12)23-11-17(22)19-16-10-14(20-21-16)13-6-8-18-9-7-13/h2-10H,11H2,1H3,(H2,19,20,21,22). The molecular weight excluding hydrogens is 292 g/mol. The molecule has 6 nitrogen and oxygen atoms in total. The first kappa shape index (κ1) is 14.8. The Morgan fingerprint density at radius 1 is 1.22 bits per heavy atom. The zero-order valence-corrected chi connectivity index (χ0v) is 12.6. The maximum atomic E-state index is 11.9. The van der Waals surface area contributed by atoms with Crippen molar-refractivity contribution in [2.75, 3.05) is 11.9 Å². The number of para-hydroxylation sites is 1. The summed E-state index contributed by atoms with van der Waals surface area (Å²) in [6.07, 6.45) is 3.40. The van der Waals surface area contributed by atoms with Crippen LogP contribution in [0, 0.1) is 6.92 Å². The van der Waals surface area contributed by atoms with E-state index < -0.39 is 0 Å². The van der Waals surface area contributed by atoms with Crippen molar-refractivity contribution in [1.82, 2.24) is 15.2 Å². The van der Waals surface area contributed by atoms with Crippen molar-refractivity contribution >= 4 is 11.7 Å². The Hall–Kier alpha value is -3.15. The Morgan fingerprint density at radius 3 is 2.78 bits per heavy atom. The molecule has 0 aliphatic rings. The molecule has 0 aliphatic carbocycles. The van der Waals surface area contributed by atoms with E-state index >= 15 is 0 Å². The van der Waals surface area contributed by atoms with Crippen LogP contribution in [-0.4, -0.2) is 27.7 Å². The molecule has 0 bridgehead atoms. The number of hydrogen-bond acceptors (Lipinski definition) is 4. The molecule has 0 spiro atoms. The summed E-state index contributed by atoms with van der Waals surface area (Å²) in [4.78, 5) is 15.9. The maximum Gasteiger partial charge on any atom is 0.263 e. The van der Waals surface area contributed by atoms with Gasteiger partial charge in [0.1, 0.15) is 5.75 Å². The van der Waals surface area contributed by atoms with E-state index in [2.05, 4.69) is 20.5 Å². The molecule has 0 atom stereocenters. The lowest BCUT2D eigenvalue weighted by Crippen LogP contribution is -2.20. The summed E-state index contributed by atoms with van der Waals surface area (Å²) >= 11 is 0. The number of aryl methyl sites for hydroxylation is 1. The van der Waals surface area contributed by atoms with Crippen LogP contribution in [0.2, 0.25) is 0 Å². The minimum absolute atomic E-state index is 0.0672. The van der Waals surface area contributed by atoms with E-state index in [0.29, 0.717) is 11.6 Å². The Labute approximate surface area is 133 Å². The Kier molecular flexibility index (Phi) is 4.33. The van der Waals surface area contributed by atoms with Crippen molar-refractivity contribution in [3.63, 3.8) is 0 Å². The minimum atomic E-state index is -0.263. The van der Waals surface area contributed by atoms with Crippen LogP contribution in [0.3, 0.4) is 0 Å². The van der Waals surface area contributed by atoms with Crippen molar-refractivity contribution in [1.29, 1.82) is 0 Å². The van der Waals surface area contributed by atoms with Crippen LogP contribution in [0.4, 0.5) is 5.82 Å². The van der Waals surface area contributed by atoms with Crippen molar-refractivity contribution in [2.24, 2.45) is 0 Å². The molecule has 2 N–H and O–H groups in total. The van der Waals surface area contributed by atoms with E-state index in [1.165, 1.54) is 0 Å². The fourth-order valence-corrected chi connectivity index (χ4v) is 2.11. The van der Waals surface area contributed by atoms with Crippen LogP contribution in [0.15, 0.2) is 54.9 Å². The van der Waals surface area contributed by atoms with Gasteiger partial charge in [0.25, 0.3) is 5.91 Å². The second-order valence-corrected chi connectivity index (χ2v) is 5.01. The van der Waals surface area contributed by atoms with Gasteiger partial charge in [-0.25, -0.2) is 0 Å². The second kappa shape index (κ2) is 6.74. The third kappa shape index (κ3) is 3.74. The van der Waals surface area contributed by atoms with E-state index in [1.54, 1.807) is 18.5 Å². The number of rotatable bonds is 5. The zero-order chi connectivity index (χ0) is 16.1. The van der Waals surface area contributed by atoms with E-state index in [4.69, 9.17) is 4.74 Å². The Bertz CT molecular complexity index is 799. The van der Waals surface area contributed by atoms with Crippen LogP contribution in [0.25, 0.3) is 11.3 Å². The molecule has 2 heterocycles. The van der Waals surface area contributed by atoms with Crippen LogP contribution in [-0.2, 0) is 4.79 Å². The summed E-state index contributed by atoms with van der Waals surface area (Å²) in [5, 5.41) is 9.65. The first-order valence-corrected chi connectivity index (χ1v) is 7.16. The molecule has 0 saturated carbocycles. The summed E-state index contributed by atoms with van der Waals surface area (Å²) in [6.45, 7) is 1.87. The third-order valence-electron chi connectivity index (χ3n) is 3.29. The van der Waals surface area contributed by atoms with E-state index in [-0.39, 0.29) is 12.5 Å². The highest BCUT2D eigenvalue weighted by Gasteiger charge is 2.08. The summed E-state index contributed by atoms with van der Waals surface area (Å²) in [5.74, 6) is 0.887. The van der Waals surface area contributed by atoms with Gasteiger partial charge in [0.15, 0.2) is 12.4 Å². The number of carbonyl (C=O) groups is 1.